The Morgan fingerprint density at radius 3 is 2.84 bits per heavy atom. The Balaban J connectivity index is 2.26. The molecule has 1 aromatic carbocycles. The zero-order chi connectivity index (χ0) is 14.0. The minimum Gasteiger partial charge on any atom is -0.377 e. The number of rotatable bonds is 4. The van der Waals surface area contributed by atoms with Crippen molar-refractivity contribution in [2.24, 2.45) is 0 Å². The molecule has 0 radical (unpaired) electrons. The molecular weight excluding hydrogens is 312 g/mol. The molecule has 1 unspecified atom stereocenters. The van der Waals surface area contributed by atoms with Crippen LogP contribution in [0.4, 0.5) is 11.4 Å². The summed E-state index contributed by atoms with van der Waals surface area (Å²) in [5, 5.41) is 20.8. The Bertz CT molecular complexity index is 598. The van der Waals surface area contributed by atoms with Crippen LogP contribution in [0.15, 0.2) is 29.0 Å². The largest absolute Gasteiger partial charge is 0.377 e. The first-order chi connectivity index (χ1) is 8.99. The molecule has 2 aromatic rings. The average Bonchev–Trinajstić information content (AvgIpc) is 2.86. The van der Waals surface area contributed by atoms with Crippen molar-refractivity contribution in [3.05, 3.63) is 50.2 Å². The van der Waals surface area contributed by atoms with Gasteiger partial charge in [0.2, 0.25) is 0 Å². The van der Waals surface area contributed by atoms with Crippen molar-refractivity contribution < 1.29 is 4.92 Å². The Kier molecular flexibility index (Phi) is 3.84. The van der Waals surface area contributed by atoms with Crippen LogP contribution in [0.2, 0.25) is 0 Å². The highest BCUT2D eigenvalue weighted by Gasteiger charge is 2.15. The van der Waals surface area contributed by atoms with Crippen LogP contribution in [0.1, 0.15) is 24.1 Å². The van der Waals surface area contributed by atoms with Gasteiger partial charge in [0.15, 0.2) is 0 Å². The number of nitrogens with zero attached hydrogens (tertiary/aromatic N) is 2. The van der Waals surface area contributed by atoms with E-state index in [1.54, 1.807) is 19.2 Å². The van der Waals surface area contributed by atoms with Crippen LogP contribution in [0.5, 0.6) is 0 Å². The van der Waals surface area contributed by atoms with Crippen molar-refractivity contribution in [2.45, 2.75) is 19.9 Å². The average molecular weight is 325 g/mol. The lowest BCUT2D eigenvalue weighted by molar-refractivity contribution is -0.385. The second-order valence-corrected chi connectivity index (χ2v) is 5.13. The Morgan fingerprint density at radius 1 is 1.53 bits per heavy atom. The van der Waals surface area contributed by atoms with Crippen molar-refractivity contribution in [1.82, 2.24) is 10.2 Å². The summed E-state index contributed by atoms with van der Waals surface area (Å²) in [7, 11) is 0. The molecule has 0 aliphatic rings. The van der Waals surface area contributed by atoms with Gasteiger partial charge >= 0.3 is 0 Å². The minimum absolute atomic E-state index is 0.0518. The highest BCUT2D eigenvalue weighted by molar-refractivity contribution is 9.10. The molecule has 0 bridgehead atoms. The summed E-state index contributed by atoms with van der Waals surface area (Å²) in [5.74, 6) is 0. The summed E-state index contributed by atoms with van der Waals surface area (Å²) in [6, 6.07) is 3.33. The SMILES string of the molecule is Cc1cc(NC(C)c2cn[nH]c2)c(Br)cc1[N+](=O)[O-]. The summed E-state index contributed by atoms with van der Waals surface area (Å²) in [4.78, 5) is 10.5. The number of anilines is 1. The lowest BCUT2D eigenvalue weighted by Gasteiger charge is -2.15. The molecule has 0 saturated heterocycles. The zero-order valence-corrected chi connectivity index (χ0v) is 12.1. The summed E-state index contributed by atoms with van der Waals surface area (Å²) >= 11 is 3.35. The van der Waals surface area contributed by atoms with E-state index in [1.165, 1.54) is 6.07 Å². The first kappa shape index (κ1) is 13.5. The molecule has 0 fully saturated rings. The van der Waals surface area contributed by atoms with Crippen LogP contribution in [0.3, 0.4) is 0 Å². The van der Waals surface area contributed by atoms with Gasteiger partial charge in [-0.3, -0.25) is 15.2 Å². The van der Waals surface area contributed by atoms with E-state index >= 15 is 0 Å². The Morgan fingerprint density at radius 2 is 2.26 bits per heavy atom. The molecule has 7 heteroatoms. The first-order valence-electron chi connectivity index (χ1n) is 5.68. The van der Waals surface area contributed by atoms with Gasteiger partial charge in [0, 0.05) is 33.6 Å². The predicted molar refractivity (Wildman–Crippen MR) is 76.2 cm³/mol. The van der Waals surface area contributed by atoms with Gasteiger partial charge in [-0.15, -0.1) is 0 Å². The monoisotopic (exact) mass is 324 g/mol. The molecule has 0 saturated carbocycles. The smallest absolute Gasteiger partial charge is 0.273 e. The zero-order valence-electron chi connectivity index (χ0n) is 10.5. The summed E-state index contributed by atoms with van der Waals surface area (Å²) < 4.78 is 0.667. The van der Waals surface area contributed by atoms with Gasteiger partial charge in [0.05, 0.1) is 17.2 Å². The molecule has 19 heavy (non-hydrogen) atoms. The van der Waals surface area contributed by atoms with E-state index in [-0.39, 0.29) is 16.7 Å². The van der Waals surface area contributed by atoms with E-state index in [9.17, 15) is 10.1 Å². The number of aromatic nitrogens is 2. The van der Waals surface area contributed by atoms with Crippen LogP contribution < -0.4 is 5.32 Å². The van der Waals surface area contributed by atoms with E-state index in [0.717, 1.165) is 11.3 Å². The summed E-state index contributed by atoms with van der Waals surface area (Å²) in [6.45, 7) is 3.71. The molecule has 1 aromatic heterocycles. The third-order valence-electron chi connectivity index (χ3n) is 2.87. The fraction of sp³-hybridized carbons (Fsp3) is 0.250. The standard InChI is InChI=1S/C12H13BrN4O2/c1-7-3-11(10(13)4-12(7)17(18)19)16-8(2)9-5-14-15-6-9/h3-6,8,16H,1-2H3,(H,14,15). The predicted octanol–water partition coefficient (Wildman–Crippen LogP) is 3.56. The number of hydrogen-bond donors (Lipinski definition) is 2. The molecule has 1 atom stereocenters. The molecule has 6 nitrogen and oxygen atoms in total. The van der Waals surface area contributed by atoms with Crippen LogP contribution in [0, 0.1) is 17.0 Å². The number of benzene rings is 1. The Hall–Kier alpha value is -1.89. The van der Waals surface area contributed by atoms with Crippen molar-refractivity contribution in [3.8, 4) is 0 Å². The van der Waals surface area contributed by atoms with Gasteiger partial charge in [-0.05, 0) is 35.8 Å². The first-order valence-corrected chi connectivity index (χ1v) is 6.48. The molecule has 0 amide bonds. The summed E-state index contributed by atoms with van der Waals surface area (Å²) in [5.41, 5.74) is 2.56. The molecule has 1 heterocycles. The van der Waals surface area contributed by atoms with E-state index in [0.29, 0.717) is 10.0 Å². The van der Waals surface area contributed by atoms with Gasteiger partial charge in [-0.2, -0.15) is 5.10 Å². The van der Waals surface area contributed by atoms with Gasteiger partial charge < -0.3 is 5.32 Å². The summed E-state index contributed by atoms with van der Waals surface area (Å²) in [6.07, 6.45) is 3.55. The number of nitro groups is 1. The van der Waals surface area contributed by atoms with Gasteiger partial charge in [0.1, 0.15) is 0 Å². The highest BCUT2D eigenvalue weighted by Crippen LogP contribution is 2.32. The number of aromatic amines is 1. The van der Waals surface area contributed by atoms with Gasteiger partial charge in [0.25, 0.3) is 5.69 Å². The fourth-order valence-electron chi connectivity index (χ4n) is 1.79. The number of hydrogen-bond acceptors (Lipinski definition) is 4. The second-order valence-electron chi connectivity index (χ2n) is 4.27. The number of aryl methyl sites for hydroxylation is 1. The van der Waals surface area contributed by atoms with Crippen molar-refractivity contribution >= 4 is 27.3 Å². The minimum atomic E-state index is -0.386. The number of H-pyrrole nitrogens is 1. The fourth-order valence-corrected chi connectivity index (χ4v) is 2.24. The maximum Gasteiger partial charge on any atom is 0.273 e. The molecule has 0 aliphatic heterocycles. The molecule has 100 valence electrons. The molecule has 2 rings (SSSR count). The van der Waals surface area contributed by atoms with E-state index < -0.39 is 0 Å². The lowest BCUT2D eigenvalue weighted by Crippen LogP contribution is -2.07. The lowest BCUT2D eigenvalue weighted by atomic mass is 10.1. The molecular formula is C12H13BrN4O2. The van der Waals surface area contributed by atoms with Crippen molar-refractivity contribution in [2.75, 3.05) is 5.32 Å². The van der Waals surface area contributed by atoms with Crippen LogP contribution in [-0.2, 0) is 0 Å². The topological polar surface area (TPSA) is 83.8 Å². The van der Waals surface area contributed by atoms with E-state index in [4.69, 9.17) is 0 Å². The molecule has 2 N–H and O–H groups in total. The maximum atomic E-state index is 10.8. The number of halogens is 1. The normalized spacial score (nSPS) is 12.2. The number of nitrogens with one attached hydrogen (secondary N) is 2. The van der Waals surface area contributed by atoms with E-state index in [2.05, 4.69) is 31.4 Å². The van der Waals surface area contributed by atoms with Gasteiger partial charge in [-0.25, -0.2) is 0 Å². The van der Waals surface area contributed by atoms with Gasteiger partial charge in [-0.1, -0.05) is 0 Å². The maximum absolute atomic E-state index is 10.8. The van der Waals surface area contributed by atoms with Crippen LogP contribution in [0.25, 0.3) is 0 Å². The van der Waals surface area contributed by atoms with E-state index in [1.807, 2.05) is 13.1 Å². The quantitative estimate of drug-likeness (QED) is 0.665. The number of nitro benzene ring substituents is 1. The third-order valence-corrected chi connectivity index (χ3v) is 3.53. The molecule has 0 spiro atoms. The highest BCUT2D eigenvalue weighted by atomic mass is 79.9. The van der Waals surface area contributed by atoms with Crippen LogP contribution >= 0.6 is 15.9 Å². The van der Waals surface area contributed by atoms with Crippen LogP contribution in [-0.4, -0.2) is 15.1 Å². The van der Waals surface area contributed by atoms with Crippen molar-refractivity contribution in [3.63, 3.8) is 0 Å². The molecule has 0 aliphatic carbocycles. The second kappa shape index (κ2) is 5.40. The van der Waals surface area contributed by atoms with Crippen molar-refractivity contribution in [1.29, 1.82) is 0 Å². The Labute approximate surface area is 118 Å². The third kappa shape index (κ3) is 2.93.